The van der Waals surface area contributed by atoms with Crippen LogP contribution in [0.5, 0.6) is 0 Å². The van der Waals surface area contributed by atoms with Crippen LogP contribution in [0, 0.1) is 0 Å². The summed E-state index contributed by atoms with van der Waals surface area (Å²) >= 11 is 0. The van der Waals surface area contributed by atoms with Gasteiger partial charge in [-0.3, -0.25) is 9.69 Å². The Morgan fingerprint density at radius 3 is 2.89 bits per heavy atom. The van der Waals surface area contributed by atoms with Gasteiger partial charge < -0.3 is 14.8 Å². The quantitative estimate of drug-likeness (QED) is 0.864. The predicted octanol–water partition coefficient (Wildman–Crippen LogP) is 1.37. The minimum absolute atomic E-state index is 0.183. The molecule has 0 radical (unpaired) electrons. The lowest BCUT2D eigenvalue weighted by atomic mass is 9.91. The molecule has 0 unspecified atom stereocenters. The molecule has 2 rings (SSSR count). The number of nitrogens with zero attached hydrogens (tertiary/aromatic N) is 1. The van der Waals surface area contributed by atoms with E-state index in [-0.39, 0.29) is 18.1 Å². The molecule has 1 fully saturated rings. The summed E-state index contributed by atoms with van der Waals surface area (Å²) in [7, 11) is 3.57. The van der Waals surface area contributed by atoms with Crippen LogP contribution in [0.2, 0.25) is 0 Å². The van der Waals surface area contributed by atoms with Gasteiger partial charge in [0.25, 0.3) is 5.91 Å². The third kappa shape index (κ3) is 3.36. The molecule has 5 heteroatoms. The zero-order chi connectivity index (χ0) is 13.8. The molecule has 0 aliphatic heterocycles. The average Bonchev–Trinajstić information content (AvgIpc) is 2.86. The van der Waals surface area contributed by atoms with Gasteiger partial charge in [-0.2, -0.15) is 0 Å². The van der Waals surface area contributed by atoms with E-state index in [9.17, 15) is 9.90 Å². The summed E-state index contributed by atoms with van der Waals surface area (Å²) in [5.41, 5.74) is 0. The maximum absolute atomic E-state index is 11.4. The van der Waals surface area contributed by atoms with Gasteiger partial charge in [0.05, 0.1) is 12.6 Å². The van der Waals surface area contributed by atoms with Gasteiger partial charge in [0.1, 0.15) is 5.76 Å². The van der Waals surface area contributed by atoms with Crippen LogP contribution in [0.4, 0.5) is 0 Å². The van der Waals surface area contributed by atoms with E-state index in [2.05, 4.69) is 10.2 Å². The van der Waals surface area contributed by atoms with Gasteiger partial charge in [-0.05, 0) is 32.0 Å². The second-order valence-corrected chi connectivity index (χ2v) is 5.18. The Hall–Kier alpha value is -1.33. The number of aliphatic hydroxyl groups excluding tert-OH is 1. The summed E-state index contributed by atoms with van der Waals surface area (Å²) in [4.78, 5) is 13.5. The standard InChI is InChI=1S/C14H22N2O3/c1-15-14(18)13-8-7-10(19-13)9-16(2)11-5-3-4-6-12(11)17/h7-8,11-12,17H,3-6,9H2,1-2H3,(H,15,18)/t11-,12+/m1/s1. The van der Waals surface area contributed by atoms with Gasteiger partial charge in [0, 0.05) is 13.1 Å². The van der Waals surface area contributed by atoms with Crippen molar-refractivity contribution in [1.82, 2.24) is 10.2 Å². The molecule has 0 bridgehead atoms. The number of rotatable bonds is 4. The van der Waals surface area contributed by atoms with Crippen molar-refractivity contribution in [3.05, 3.63) is 23.7 Å². The molecule has 1 aromatic rings. The maximum atomic E-state index is 11.4. The van der Waals surface area contributed by atoms with Gasteiger partial charge in [-0.1, -0.05) is 12.8 Å². The Morgan fingerprint density at radius 2 is 2.21 bits per heavy atom. The Labute approximate surface area is 113 Å². The summed E-state index contributed by atoms with van der Waals surface area (Å²) in [6.07, 6.45) is 3.89. The zero-order valence-electron chi connectivity index (χ0n) is 11.6. The van der Waals surface area contributed by atoms with Gasteiger partial charge in [-0.15, -0.1) is 0 Å². The second kappa shape index (κ2) is 6.21. The second-order valence-electron chi connectivity index (χ2n) is 5.18. The van der Waals surface area contributed by atoms with Crippen molar-refractivity contribution in [2.24, 2.45) is 0 Å². The van der Waals surface area contributed by atoms with Crippen molar-refractivity contribution in [1.29, 1.82) is 0 Å². The molecular weight excluding hydrogens is 244 g/mol. The van der Waals surface area contributed by atoms with Crippen LogP contribution in [0.3, 0.4) is 0 Å². The van der Waals surface area contributed by atoms with E-state index in [4.69, 9.17) is 4.42 Å². The molecule has 1 saturated carbocycles. The molecule has 19 heavy (non-hydrogen) atoms. The first-order chi connectivity index (χ1) is 9.11. The lowest BCUT2D eigenvalue weighted by molar-refractivity contribution is 0.0261. The third-order valence-corrected chi connectivity index (χ3v) is 3.78. The number of carbonyl (C=O) groups excluding carboxylic acids is 1. The van der Waals surface area contributed by atoms with Crippen molar-refractivity contribution < 1.29 is 14.3 Å². The molecule has 1 aromatic heterocycles. The van der Waals surface area contributed by atoms with Gasteiger partial charge in [-0.25, -0.2) is 0 Å². The minimum atomic E-state index is -0.257. The van der Waals surface area contributed by atoms with Crippen LogP contribution in [0.25, 0.3) is 0 Å². The van der Waals surface area contributed by atoms with E-state index in [0.29, 0.717) is 12.3 Å². The highest BCUT2D eigenvalue weighted by Gasteiger charge is 2.27. The maximum Gasteiger partial charge on any atom is 0.286 e. The summed E-state index contributed by atoms with van der Waals surface area (Å²) in [6, 6.07) is 3.68. The Bertz CT molecular complexity index is 430. The topological polar surface area (TPSA) is 65.7 Å². The number of nitrogens with one attached hydrogen (secondary N) is 1. The first kappa shape index (κ1) is 14.1. The van der Waals surface area contributed by atoms with Crippen molar-refractivity contribution in [3.63, 3.8) is 0 Å². The van der Waals surface area contributed by atoms with Gasteiger partial charge in [0.2, 0.25) is 0 Å². The average molecular weight is 266 g/mol. The Balaban J connectivity index is 1.96. The van der Waals surface area contributed by atoms with Crippen LogP contribution in [0.1, 0.15) is 42.0 Å². The SMILES string of the molecule is CNC(=O)c1ccc(CN(C)[C@@H]2CCCC[C@@H]2O)o1. The summed E-state index contributed by atoms with van der Waals surface area (Å²) < 4.78 is 5.50. The van der Waals surface area contributed by atoms with E-state index in [1.54, 1.807) is 13.1 Å². The fourth-order valence-electron chi connectivity index (χ4n) is 2.68. The molecule has 0 spiro atoms. The number of furan rings is 1. The van der Waals surface area contributed by atoms with E-state index >= 15 is 0 Å². The van der Waals surface area contributed by atoms with Crippen LogP contribution in [0.15, 0.2) is 16.5 Å². The molecule has 5 nitrogen and oxygen atoms in total. The molecule has 0 aromatic carbocycles. The zero-order valence-corrected chi connectivity index (χ0v) is 11.6. The van der Waals surface area contributed by atoms with Crippen LogP contribution in [-0.2, 0) is 6.54 Å². The predicted molar refractivity (Wildman–Crippen MR) is 71.8 cm³/mol. The molecule has 0 saturated heterocycles. The molecule has 1 aliphatic rings. The lowest BCUT2D eigenvalue weighted by Gasteiger charge is -2.34. The van der Waals surface area contributed by atoms with Crippen molar-refractivity contribution in [2.45, 2.75) is 44.4 Å². The van der Waals surface area contributed by atoms with Crippen LogP contribution < -0.4 is 5.32 Å². The lowest BCUT2D eigenvalue weighted by Crippen LogP contribution is -2.42. The molecule has 1 amide bonds. The number of hydrogen-bond donors (Lipinski definition) is 2. The van der Waals surface area contributed by atoms with Crippen LogP contribution in [-0.4, -0.2) is 42.2 Å². The summed E-state index contributed by atoms with van der Waals surface area (Å²) in [5.74, 6) is 0.862. The number of aliphatic hydroxyl groups is 1. The fourth-order valence-corrected chi connectivity index (χ4v) is 2.68. The minimum Gasteiger partial charge on any atom is -0.455 e. The highest BCUT2D eigenvalue weighted by atomic mass is 16.4. The monoisotopic (exact) mass is 266 g/mol. The molecule has 2 atom stereocenters. The van der Waals surface area contributed by atoms with E-state index in [1.165, 1.54) is 0 Å². The Morgan fingerprint density at radius 1 is 1.47 bits per heavy atom. The van der Waals surface area contributed by atoms with Gasteiger partial charge in [0.15, 0.2) is 5.76 Å². The van der Waals surface area contributed by atoms with E-state index in [0.717, 1.165) is 31.4 Å². The van der Waals surface area contributed by atoms with E-state index < -0.39 is 0 Å². The van der Waals surface area contributed by atoms with Gasteiger partial charge >= 0.3 is 0 Å². The molecule has 1 aliphatic carbocycles. The first-order valence-corrected chi connectivity index (χ1v) is 6.81. The molecule has 106 valence electrons. The molecule has 2 N–H and O–H groups in total. The van der Waals surface area contributed by atoms with Crippen LogP contribution >= 0.6 is 0 Å². The summed E-state index contributed by atoms with van der Waals surface area (Å²) in [5, 5.41) is 12.5. The smallest absolute Gasteiger partial charge is 0.286 e. The Kier molecular flexibility index (Phi) is 4.61. The highest BCUT2D eigenvalue weighted by Crippen LogP contribution is 2.23. The largest absolute Gasteiger partial charge is 0.455 e. The highest BCUT2D eigenvalue weighted by molar-refractivity contribution is 5.91. The van der Waals surface area contributed by atoms with Crippen molar-refractivity contribution >= 4 is 5.91 Å². The first-order valence-electron chi connectivity index (χ1n) is 6.81. The normalized spacial score (nSPS) is 23.6. The fraction of sp³-hybridized carbons (Fsp3) is 0.643. The van der Waals surface area contributed by atoms with Crippen molar-refractivity contribution in [2.75, 3.05) is 14.1 Å². The third-order valence-electron chi connectivity index (χ3n) is 3.78. The number of likely N-dealkylation sites (N-methyl/N-ethyl adjacent to an activating group) is 1. The van der Waals surface area contributed by atoms with E-state index in [1.807, 2.05) is 13.1 Å². The number of amides is 1. The molecule has 1 heterocycles. The summed E-state index contributed by atoms with van der Waals surface area (Å²) in [6.45, 7) is 0.610. The number of hydrogen-bond acceptors (Lipinski definition) is 4. The van der Waals surface area contributed by atoms with Crippen molar-refractivity contribution in [3.8, 4) is 0 Å². The molecular formula is C14H22N2O3. The number of carbonyl (C=O) groups is 1.